The third-order valence-corrected chi connectivity index (χ3v) is 3.45. The number of ether oxygens (including phenoxy) is 1. The Morgan fingerprint density at radius 3 is 2.28 bits per heavy atom. The Morgan fingerprint density at radius 1 is 1.04 bits per heavy atom. The molecule has 0 bridgehead atoms. The van der Waals surface area contributed by atoms with E-state index in [1.165, 1.54) is 12.1 Å². The number of rotatable bonds is 4. The summed E-state index contributed by atoms with van der Waals surface area (Å²) >= 11 is 0. The Hall–Kier alpha value is -2.93. The molecule has 0 amide bonds. The molecule has 0 aliphatic rings. The van der Waals surface area contributed by atoms with Crippen LogP contribution in [0, 0.1) is 18.8 Å². The average Bonchev–Trinajstić information content (AvgIpc) is 2.61. The molecule has 0 aliphatic heterocycles. The summed E-state index contributed by atoms with van der Waals surface area (Å²) in [7, 11) is 0. The standard InChI is InChI=1S/C21H18F2O2/c1-3-4-16-7-9-17(10-8-16)11-14-19(22)20(23)25-21(24)18-12-5-15(2)6-13-18/h5-10,12-13H,3-4H2,1-2H3. The number of hydrogen-bond donors (Lipinski definition) is 0. The zero-order valence-corrected chi connectivity index (χ0v) is 14.1. The molecule has 0 unspecified atom stereocenters. The molecule has 2 rings (SSSR count). The van der Waals surface area contributed by atoms with Crippen LogP contribution in [-0.2, 0) is 11.2 Å². The molecule has 0 aromatic heterocycles. The maximum Gasteiger partial charge on any atom is 0.345 e. The minimum atomic E-state index is -1.64. The smallest absolute Gasteiger partial charge is 0.345 e. The van der Waals surface area contributed by atoms with Crippen LogP contribution < -0.4 is 0 Å². The lowest BCUT2D eigenvalue weighted by atomic mass is 10.1. The molecule has 0 fully saturated rings. The van der Waals surface area contributed by atoms with Gasteiger partial charge in [0.2, 0.25) is 5.83 Å². The van der Waals surface area contributed by atoms with Crippen LogP contribution in [0.2, 0.25) is 0 Å². The van der Waals surface area contributed by atoms with Gasteiger partial charge >= 0.3 is 12.0 Å². The van der Waals surface area contributed by atoms with Gasteiger partial charge in [0.15, 0.2) is 0 Å². The van der Waals surface area contributed by atoms with E-state index >= 15 is 0 Å². The highest BCUT2D eigenvalue weighted by molar-refractivity contribution is 5.90. The molecule has 0 heterocycles. The number of carbonyl (C=O) groups is 1. The summed E-state index contributed by atoms with van der Waals surface area (Å²) in [5.41, 5.74) is 2.78. The largest absolute Gasteiger partial charge is 0.392 e. The predicted molar refractivity (Wildman–Crippen MR) is 93.2 cm³/mol. The van der Waals surface area contributed by atoms with Crippen molar-refractivity contribution in [3.63, 3.8) is 0 Å². The number of hydrogen-bond acceptors (Lipinski definition) is 2. The zero-order chi connectivity index (χ0) is 18.2. The highest BCUT2D eigenvalue weighted by Crippen LogP contribution is 2.13. The van der Waals surface area contributed by atoms with Gasteiger partial charge in [-0.25, -0.2) is 4.79 Å². The third kappa shape index (κ3) is 5.58. The van der Waals surface area contributed by atoms with E-state index in [4.69, 9.17) is 0 Å². The van der Waals surface area contributed by atoms with Gasteiger partial charge in [-0.1, -0.05) is 49.1 Å². The summed E-state index contributed by atoms with van der Waals surface area (Å²) in [6.45, 7) is 3.92. The quantitative estimate of drug-likeness (QED) is 0.431. The van der Waals surface area contributed by atoms with Crippen LogP contribution >= 0.6 is 0 Å². The van der Waals surface area contributed by atoms with Crippen LogP contribution in [0.3, 0.4) is 0 Å². The molecule has 0 N–H and O–H groups in total. The maximum absolute atomic E-state index is 13.7. The van der Waals surface area contributed by atoms with Crippen LogP contribution in [0.4, 0.5) is 8.78 Å². The van der Waals surface area contributed by atoms with E-state index in [1.807, 2.05) is 25.0 Å². The van der Waals surface area contributed by atoms with E-state index in [0.29, 0.717) is 5.56 Å². The molecule has 0 radical (unpaired) electrons. The van der Waals surface area contributed by atoms with Gasteiger partial charge < -0.3 is 4.74 Å². The van der Waals surface area contributed by atoms with Gasteiger partial charge in [0, 0.05) is 5.56 Å². The number of allylic oxidation sites excluding steroid dienone is 1. The first-order valence-corrected chi connectivity index (χ1v) is 7.94. The molecule has 0 spiro atoms. The van der Waals surface area contributed by atoms with E-state index in [1.54, 1.807) is 24.3 Å². The van der Waals surface area contributed by atoms with Crippen LogP contribution in [0.15, 0.2) is 60.4 Å². The summed E-state index contributed by atoms with van der Waals surface area (Å²) in [4.78, 5) is 11.7. The van der Waals surface area contributed by atoms with Crippen LogP contribution in [-0.4, -0.2) is 5.97 Å². The second kappa shape index (κ2) is 8.79. The first-order chi connectivity index (χ1) is 12.0. The van der Waals surface area contributed by atoms with Crippen molar-refractivity contribution in [1.29, 1.82) is 0 Å². The van der Waals surface area contributed by atoms with Crippen molar-refractivity contribution in [2.75, 3.05) is 0 Å². The van der Waals surface area contributed by atoms with Gasteiger partial charge in [0.1, 0.15) is 0 Å². The first kappa shape index (κ1) is 18.4. The van der Waals surface area contributed by atoms with E-state index < -0.39 is 17.8 Å². The lowest BCUT2D eigenvalue weighted by molar-refractivity contribution is 0.0527. The van der Waals surface area contributed by atoms with E-state index in [-0.39, 0.29) is 5.56 Å². The van der Waals surface area contributed by atoms with Crippen molar-refractivity contribution in [2.45, 2.75) is 26.7 Å². The first-order valence-electron chi connectivity index (χ1n) is 7.94. The summed E-state index contributed by atoms with van der Waals surface area (Å²) in [6.07, 6.45) is 1.98. The SMILES string of the molecule is CCCc1ccc(C#CC(F)=C(F)OC(=O)c2ccc(C)cc2)cc1. The fourth-order valence-electron chi connectivity index (χ4n) is 2.09. The molecule has 25 heavy (non-hydrogen) atoms. The second-order valence-corrected chi connectivity index (χ2v) is 5.54. The number of aryl methyl sites for hydroxylation is 2. The zero-order valence-electron chi connectivity index (χ0n) is 14.1. The molecule has 0 aliphatic carbocycles. The highest BCUT2D eigenvalue weighted by atomic mass is 19.2. The van der Waals surface area contributed by atoms with Crippen LogP contribution in [0.1, 0.15) is 40.4 Å². The van der Waals surface area contributed by atoms with Crippen molar-refractivity contribution in [3.05, 3.63) is 82.6 Å². The number of carbonyl (C=O) groups excluding carboxylic acids is 1. The maximum atomic E-state index is 13.7. The Balaban J connectivity index is 2.06. The van der Waals surface area contributed by atoms with E-state index in [2.05, 4.69) is 17.6 Å². The molecule has 4 heteroatoms. The minimum absolute atomic E-state index is 0.132. The van der Waals surface area contributed by atoms with Gasteiger partial charge in [0.25, 0.3) is 0 Å². The number of esters is 1. The summed E-state index contributed by atoms with van der Waals surface area (Å²) in [5, 5.41) is 0. The van der Waals surface area contributed by atoms with Crippen LogP contribution in [0.5, 0.6) is 0 Å². The molecular formula is C21H18F2O2. The number of benzene rings is 2. The van der Waals surface area contributed by atoms with Crippen LogP contribution in [0.25, 0.3) is 0 Å². The monoisotopic (exact) mass is 340 g/mol. The van der Waals surface area contributed by atoms with Gasteiger partial charge in [0.05, 0.1) is 5.56 Å². The molecule has 2 nitrogen and oxygen atoms in total. The second-order valence-electron chi connectivity index (χ2n) is 5.54. The van der Waals surface area contributed by atoms with Crippen molar-refractivity contribution in [2.24, 2.45) is 0 Å². The minimum Gasteiger partial charge on any atom is -0.392 e. The van der Waals surface area contributed by atoms with Gasteiger partial charge in [-0.05, 0) is 49.1 Å². The summed E-state index contributed by atoms with van der Waals surface area (Å²) < 4.78 is 31.7. The molecule has 2 aromatic carbocycles. The Labute approximate surface area is 146 Å². The van der Waals surface area contributed by atoms with Crippen molar-refractivity contribution < 1.29 is 18.3 Å². The fraction of sp³-hybridized carbons (Fsp3) is 0.190. The molecule has 0 saturated heterocycles. The van der Waals surface area contributed by atoms with Crippen molar-refractivity contribution in [3.8, 4) is 11.8 Å². The molecule has 0 saturated carbocycles. The van der Waals surface area contributed by atoms with Crippen molar-refractivity contribution >= 4 is 5.97 Å². The molecule has 128 valence electrons. The number of halogens is 2. The van der Waals surface area contributed by atoms with E-state index in [0.717, 1.165) is 24.0 Å². The van der Waals surface area contributed by atoms with E-state index in [9.17, 15) is 13.6 Å². The Bertz CT molecular complexity index is 823. The predicted octanol–water partition coefficient (Wildman–Crippen LogP) is 5.26. The fourth-order valence-corrected chi connectivity index (χ4v) is 2.09. The molecular weight excluding hydrogens is 322 g/mol. The normalized spacial score (nSPS) is 11.2. The van der Waals surface area contributed by atoms with Gasteiger partial charge in [-0.15, -0.1) is 0 Å². The topological polar surface area (TPSA) is 26.3 Å². The Morgan fingerprint density at radius 2 is 1.68 bits per heavy atom. The lowest BCUT2D eigenvalue weighted by Gasteiger charge is -2.01. The Kier molecular flexibility index (Phi) is 6.47. The molecule has 2 aromatic rings. The van der Waals surface area contributed by atoms with Gasteiger partial charge in [-0.3, -0.25) is 0 Å². The lowest BCUT2D eigenvalue weighted by Crippen LogP contribution is -2.03. The average molecular weight is 340 g/mol. The van der Waals surface area contributed by atoms with Crippen molar-refractivity contribution in [1.82, 2.24) is 0 Å². The third-order valence-electron chi connectivity index (χ3n) is 3.45. The van der Waals surface area contributed by atoms with Gasteiger partial charge in [-0.2, -0.15) is 8.78 Å². The molecule has 0 atom stereocenters. The highest BCUT2D eigenvalue weighted by Gasteiger charge is 2.13. The summed E-state index contributed by atoms with van der Waals surface area (Å²) in [6, 6.07) is 11.9. The summed E-state index contributed by atoms with van der Waals surface area (Å²) in [5.74, 6) is 2.14.